The molecular weight excluding hydrogens is 945 g/mol. The number of nitrogens with zero attached hydrogens (tertiary/aromatic N) is 2. The summed E-state index contributed by atoms with van der Waals surface area (Å²) in [5.74, 6) is -3.18. The Morgan fingerprint density at radius 3 is 2.14 bits per heavy atom. The number of rotatable bonds is 12. The number of aliphatic hydroxyl groups excluding tert-OH is 1. The number of nitrogens with one attached hydrogen (secondary N) is 2. The highest BCUT2D eigenvalue weighted by molar-refractivity contribution is 5.92. The minimum atomic E-state index is -1.62. The maximum Gasteiger partial charge on any atom is 0.509 e. The Balaban J connectivity index is 1.40. The first-order chi connectivity index (χ1) is 33.7. The van der Waals surface area contributed by atoms with Crippen LogP contribution in [0.2, 0.25) is 0 Å². The topological polar surface area (TPSA) is 261 Å². The Bertz CT molecular complexity index is 2010. The van der Waals surface area contributed by atoms with Crippen LogP contribution in [0.15, 0.2) is 18.2 Å². The van der Waals surface area contributed by atoms with Crippen molar-refractivity contribution in [3.8, 4) is 17.2 Å². The van der Waals surface area contributed by atoms with Crippen LogP contribution in [0, 0.1) is 23.2 Å². The number of fused-ring (bicyclic) bond motifs is 1. The van der Waals surface area contributed by atoms with Gasteiger partial charge in [0.15, 0.2) is 36.3 Å². The molecule has 22 heteroatoms. The molecule has 0 aliphatic carbocycles. The average Bonchev–Trinajstić information content (AvgIpc) is 3.70. The number of aliphatic hydroxyl groups is 2. The summed E-state index contributed by atoms with van der Waals surface area (Å²) in [5.41, 5.74) is 2.55. The van der Waals surface area contributed by atoms with Crippen molar-refractivity contribution < 1.29 is 86.9 Å². The maximum atomic E-state index is 14.6. The molecule has 0 bridgehead atoms. The standard InChI is InChI=1S/C50H80N4O18/c1-16-33-42-40(68-48(59)69-42)29(6)54(13)24-25(2)22-50(10,60)43(70-46-38(56)32(53(11)12)19-26(3)64-46)27(4)39(28(5)45(57)66-33)67-37-23-49(8,9)44(30(7)65-37)71-47(58)52-51-36(55)18-17-31-20-34(62-14)41(72-61)35(21-31)63-15/h17-18,20-21,25-30,32-33,37-40,42-44,46,56,60-61H,16,19,22-24H2,1-15H3,(H,51,55)(H,52,58)/b18-17+/t25-,26-,27+,28-,29-,30+,32+,33-,37+,38-,39+,40-,42+,43-,44+,46+,50+/m1/s1. The first-order valence-electron chi connectivity index (χ1n) is 24.7. The number of esters is 1. The fourth-order valence-corrected chi connectivity index (χ4v) is 10.7. The lowest BCUT2D eigenvalue weighted by Crippen LogP contribution is -2.60. The number of benzene rings is 1. The van der Waals surface area contributed by atoms with Crippen LogP contribution < -0.4 is 25.2 Å². The van der Waals surface area contributed by atoms with E-state index in [4.69, 9.17) is 47.4 Å². The van der Waals surface area contributed by atoms with E-state index in [0.717, 1.165) is 6.08 Å². The Hall–Kier alpha value is -4.52. The number of methoxy groups -OCH3 is 2. The quantitative estimate of drug-likeness (QED) is 0.0627. The smallest absolute Gasteiger partial charge is 0.493 e. The monoisotopic (exact) mass is 1020 g/mol. The highest BCUT2D eigenvalue weighted by atomic mass is 17.1. The van der Waals surface area contributed by atoms with E-state index in [-0.39, 0.29) is 54.2 Å². The van der Waals surface area contributed by atoms with Gasteiger partial charge in [-0.15, -0.1) is 0 Å². The Morgan fingerprint density at radius 1 is 0.917 bits per heavy atom. The van der Waals surface area contributed by atoms with Crippen LogP contribution in [0.25, 0.3) is 6.08 Å². The molecule has 0 aromatic heterocycles. The zero-order valence-electron chi connectivity index (χ0n) is 44.4. The second kappa shape index (κ2) is 24.7. The highest BCUT2D eigenvalue weighted by Gasteiger charge is 2.53. The lowest BCUT2D eigenvalue weighted by molar-refractivity contribution is -0.312. The molecule has 408 valence electrons. The van der Waals surface area contributed by atoms with Crippen LogP contribution in [0.1, 0.15) is 100 Å². The lowest BCUT2D eigenvalue weighted by Gasteiger charge is -2.49. The third-order valence-electron chi connectivity index (χ3n) is 14.5. The first-order valence-corrected chi connectivity index (χ1v) is 24.7. The number of hydrazine groups is 1. The minimum absolute atomic E-state index is 0.0520. The first kappa shape index (κ1) is 58.4. The summed E-state index contributed by atoms with van der Waals surface area (Å²) in [5, 5.41) is 33.7. The van der Waals surface area contributed by atoms with E-state index in [1.165, 1.54) is 32.4 Å². The predicted octanol–water partition coefficient (Wildman–Crippen LogP) is 4.66. The molecule has 4 heterocycles. The summed E-state index contributed by atoms with van der Waals surface area (Å²) >= 11 is 0. The van der Waals surface area contributed by atoms with Gasteiger partial charge in [0, 0.05) is 42.5 Å². The number of cyclic esters (lactones) is 1. The summed E-state index contributed by atoms with van der Waals surface area (Å²) in [6.07, 6.45) is -8.09. The lowest BCUT2D eigenvalue weighted by atomic mass is 9.77. The molecule has 4 saturated heterocycles. The van der Waals surface area contributed by atoms with Crippen molar-refractivity contribution in [2.45, 2.75) is 180 Å². The maximum absolute atomic E-state index is 14.6. The molecule has 0 spiro atoms. The molecule has 22 nitrogen and oxygen atoms in total. The number of hydrogen-bond acceptors (Lipinski definition) is 20. The molecule has 0 radical (unpaired) electrons. The van der Waals surface area contributed by atoms with Gasteiger partial charge < -0.3 is 67.4 Å². The Labute approximate surface area is 423 Å². The van der Waals surface area contributed by atoms with E-state index in [2.05, 4.69) is 15.7 Å². The number of hydrogen-bond donors (Lipinski definition) is 5. The predicted molar refractivity (Wildman–Crippen MR) is 258 cm³/mol. The fourth-order valence-electron chi connectivity index (χ4n) is 10.7. The molecule has 2 amide bonds. The SMILES string of the molecule is CC[C@H]1OC(=O)[C@H](C)[C@@H](O[C@H]2CC(C)(C)[C@@H](OC(=O)NNC(=O)/C=C/c3cc(OC)c(OO)c(OC)c3)[C@H](C)O2)[C@H](C)[C@@H](O[C@@H]2O[C@H](C)C[C@H](N(C)C)[C@H]2O)[C@@](C)(O)C[C@@H](C)CN(C)[C@H](C)[C@H]2OC(=O)O[C@H]21. The molecule has 4 aliphatic rings. The van der Waals surface area contributed by atoms with Crippen LogP contribution in [-0.2, 0) is 47.5 Å². The summed E-state index contributed by atoms with van der Waals surface area (Å²) < 4.78 is 60.3. The van der Waals surface area contributed by atoms with Gasteiger partial charge >= 0.3 is 18.2 Å². The van der Waals surface area contributed by atoms with Gasteiger partial charge in [0.25, 0.3) is 5.91 Å². The average molecular weight is 1030 g/mol. The molecule has 0 unspecified atom stereocenters. The van der Waals surface area contributed by atoms with E-state index in [1.807, 2.05) is 72.5 Å². The van der Waals surface area contributed by atoms with E-state index in [0.29, 0.717) is 24.9 Å². The van der Waals surface area contributed by atoms with E-state index >= 15 is 0 Å². The van der Waals surface area contributed by atoms with E-state index in [1.54, 1.807) is 27.7 Å². The summed E-state index contributed by atoms with van der Waals surface area (Å²) in [4.78, 5) is 61.5. The van der Waals surface area contributed by atoms with Gasteiger partial charge in [-0.2, -0.15) is 0 Å². The molecule has 1 aromatic rings. The zero-order chi connectivity index (χ0) is 53.6. The van der Waals surface area contributed by atoms with E-state index in [9.17, 15) is 34.6 Å². The van der Waals surface area contributed by atoms with Crippen molar-refractivity contribution in [2.75, 3.05) is 41.9 Å². The van der Waals surface area contributed by atoms with Crippen molar-refractivity contribution >= 4 is 30.2 Å². The van der Waals surface area contributed by atoms with Gasteiger partial charge in [-0.1, -0.05) is 34.6 Å². The Kier molecular flexibility index (Phi) is 20.0. The largest absolute Gasteiger partial charge is 0.509 e. The van der Waals surface area contributed by atoms with Crippen molar-refractivity contribution in [3.05, 3.63) is 23.8 Å². The molecule has 72 heavy (non-hydrogen) atoms. The molecule has 4 aliphatic heterocycles. The van der Waals surface area contributed by atoms with Crippen LogP contribution in [0.4, 0.5) is 9.59 Å². The van der Waals surface area contributed by atoms with Gasteiger partial charge in [0.05, 0.1) is 50.2 Å². The molecule has 5 N–H and O–H groups in total. The Morgan fingerprint density at radius 2 is 1.56 bits per heavy atom. The van der Waals surface area contributed by atoms with Crippen LogP contribution in [0.5, 0.6) is 17.2 Å². The minimum Gasteiger partial charge on any atom is -0.493 e. The van der Waals surface area contributed by atoms with Crippen molar-refractivity contribution in [1.29, 1.82) is 0 Å². The number of ether oxygens (including phenoxy) is 10. The molecule has 5 rings (SSSR count). The molecule has 0 saturated carbocycles. The second-order valence-electron chi connectivity index (χ2n) is 21.1. The third-order valence-corrected chi connectivity index (χ3v) is 14.5. The van der Waals surface area contributed by atoms with Gasteiger partial charge in [0.2, 0.25) is 5.75 Å². The number of carbonyl (C=O) groups excluding carboxylic acids is 4. The normalized spacial score (nSPS) is 37.0. The molecular formula is C50H80N4O18. The van der Waals surface area contributed by atoms with Gasteiger partial charge in [-0.25, -0.2) is 20.3 Å². The second-order valence-corrected chi connectivity index (χ2v) is 21.1. The van der Waals surface area contributed by atoms with Gasteiger partial charge in [-0.05, 0) is 105 Å². The molecule has 4 fully saturated rings. The number of carbonyl (C=O) groups is 4. The number of likely N-dealkylation sites (N-methyl/N-ethyl adjacent to an activating group) is 2. The number of amides is 2. The van der Waals surface area contributed by atoms with Crippen molar-refractivity contribution in [1.82, 2.24) is 20.7 Å². The van der Waals surface area contributed by atoms with Crippen LogP contribution in [0.3, 0.4) is 0 Å². The van der Waals surface area contributed by atoms with Crippen LogP contribution in [-0.4, -0.2) is 177 Å². The van der Waals surface area contributed by atoms with Crippen LogP contribution >= 0.6 is 0 Å². The van der Waals surface area contributed by atoms with Crippen molar-refractivity contribution in [3.63, 3.8) is 0 Å². The summed E-state index contributed by atoms with van der Waals surface area (Å²) in [6.45, 7) is 18.6. The molecule has 17 atom stereocenters. The van der Waals surface area contributed by atoms with Gasteiger partial charge in [-0.3, -0.25) is 19.9 Å². The molecule has 1 aromatic carbocycles. The van der Waals surface area contributed by atoms with Crippen molar-refractivity contribution in [2.24, 2.45) is 23.2 Å². The van der Waals surface area contributed by atoms with Gasteiger partial charge in [0.1, 0.15) is 18.3 Å². The third kappa shape index (κ3) is 14.0. The zero-order valence-corrected chi connectivity index (χ0v) is 44.4. The summed E-state index contributed by atoms with van der Waals surface area (Å²) in [7, 11) is 8.36. The van der Waals surface area contributed by atoms with E-state index < -0.39 is 108 Å². The summed E-state index contributed by atoms with van der Waals surface area (Å²) in [6, 6.07) is 2.30. The fraction of sp³-hybridized carbons (Fsp3) is 0.760. The highest BCUT2D eigenvalue weighted by Crippen LogP contribution is 2.43.